The summed E-state index contributed by atoms with van der Waals surface area (Å²) in [5.41, 5.74) is 5.58. The molecule has 1 amide bonds. The molecule has 0 aliphatic carbocycles. The fourth-order valence-electron chi connectivity index (χ4n) is 2.09. The van der Waals surface area contributed by atoms with Crippen molar-refractivity contribution in [1.29, 1.82) is 0 Å². The van der Waals surface area contributed by atoms with Crippen molar-refractivity contribution in [2.75, 3.05) is 31.2 Å². The van der Waals surface area contributed by atoms with Crippen molar-refractivity contribution in [2.45, 2.75) is 0 Å². The summed E-state index contributed by atoms with van der Waals surface area (Å²) in [5.74, 6) is 0.441. The van der Waals surface area contributed by atoms with Crippen molar-refractivity contribution in [3.05, 3.63) is 36.1 Å². The topological polar surface area (TPSA) is 90.8 Å². The van der Waals surface area contributed by atoms with Crippen molar-refractivity contribution in [2.24, 2.45) is 5.73 Å². The molecule has 0 atom stereocenters. The summed E-state index contributed by atoms with van der Waals surface area (Å²) in [5, 5.41) is 0. The highest BCUT2D eigenvalue weighted by molar-refractivity contribution is 5.95. The van der Waals surface area contributed by atoms with Crippen molar-refractivity contribution in [3.8, 4) is 11.8 Å². The number of rotatable bonds is 4. The maximum absolute atomic E-state index is 11.3. The molecule has 1 saturated heterocycles. The third kappa shape index (κ3) is 2.97. The third-order valence-electron chi connectivity index (χ3n) is 3.16. The summed E-state index contributed by atoms with van der Waals surface area (Å²) < 4.78 is 16.1. The number of amides is 1. The number of oxazole rings is 1. The molecule has 110 valence electrons. The quantitative estimate of drug-likeness (QED) is 0.915. The Morgan fingerprint density at radius 2 is 2.05 bits per heavy atom. The largest absolute Gasteiger partial charge is 0.415 e. The third-order valence-corrected chi connectivity index (χ3v) is 3.16. The summed E-state index contributed by atoms with van der Waals surface area (Å²) in [6, 6.07) is 6.68. The van der Waals surface area contributed by atoms with Crippen LogP contribution in [0.15, 0.2) is 34.9 Å². The number of nitrogens with zero attached hydrogens (tertiary/aromatic N) is 2. The SMILES string of the molecule is NC(=O)c1ccccc1Oc1nc(N2CCOCC2)co1. The smallest absolute Gasteiger partial charge is 0.401 e. The second kappa shape index (κ2) is 5.84. The highest BCUT2D eigenvalue weighted by Crippen LogP contribution is 2.26. The van der Waals surface area contributed by atoms with E-state index in [2.05, 4.69) is 4.98 Å². The Hall–Kier alpha value is -2.54. The molecule has 2 heterocycles. The maximum Gasteiger partial charge on any atom is 0.401 e. The summed E-state index contributed by atoms with van der Waals surface area (Å²) in [7, 11) is 0. The maximum atomic E-state index is 11.3. The molecule has 2 aromatic rings. The molecule has 1 fully saturated rings. The Balaban J connectivity index is 1.77. The first kappa shape index (κ1) is 13.4. The van der Waals surface area contributed by atoms with Gasteiger partial charge in [0.2, 0.25) is 0 Å². The molecule has 0 bridgehead atoms. The summed E-state index contributed by atoms with van der Waals surface area (Å²) >= 11 is 0. The van der Waals surface area contributed by atoms with Crippen LogP contribution in [0, 0.1) is 0 Å². The zero-order valence-electron chi connectivity index (χ0n) is 11.3. The van der Waals surface area contributed by atoms with Crippen LogP contribution in [-0.2, 0) is 4.74 Å². The Morgan fingerprint density at radius 3 is 2.81 bits per heavy atom. The van der Waals surface area contributed by atoms with Gasteiger partial charge in [0.25, 0.3) is 5.91 Å². The molecule has 0 unspecified atom stereocenters. The number of carbonyl (C=O) groups excluding carboxylic acids is 1. The van der Waals surface area contributed by atoms with E-state index in [1.54, 1.807) is 24.3 Å². The van der Waals surface area contributed by atoms with E-state index in [4.69, 9.17) is 19.6 Å². The van der Waals surface area contributed by atoms with Crippen molar-refractivity contribution < 1.29 is 18.7 Å². The number of nitrogens with two attached hydrogens (primary N) is 1. The van der Waals surface area contributed by atoms with Gasteiger partial charge >= 0.3 is 6.08 Å². The predicted molar refractivity (Wildman–Crippen MR) is 74.6 cm³/mol. The molecule has 1 aromatic heterocycles. The molecule has 0 spiro atoms. The van der Waals surface area contributed by atoms with Crippen molar-refractivity contribution in [1.82, 2.24) is 4.98 Å². The monoisotopic (exact) mass is 289 g/mol. The number of primary amides is 1. The molecule has 21 heavy (non-hydrogen) atoms. The molecule has 7 heteroatoms. The zero-order valence-corrected chi connectivity index (χ0v) is 11.3. The lowest BCUT2D eigenvalue weighted by Crippen LogP contribution is -2.36. The van der Waals surface area contributed by atoms with Gasteiger partial charge in [-0.2, -0.15) is 4.98 Å². The molecular weight excluding hydrogens is 274 g/mol. The average molecular weight is 289 g/mol. The van der Waals surface area contributed by atoms with Crippen LogP contribution in [0.2, 0.25) is 0 Å². The van der Waals surface area contributed by atoms with Crippen molar-refractivity contribution >= 4 is 11.7 Å². The van der Waals surface area contributed by atoms with Gasteiger partial charge in [-0.3, -0.25) is 4.79 Å². The van der Waals surface area contributed by atoms with E-state index in [9.17, 15) is 4.79 Å². The van der Waals surface area contributed by atoms with Crippen LogP contribution >= 0.6 is 0 Å². The lowest BCUT2D eigenvalue weighted by atomic mass is 10.2. The Morgan fingerprint density at radius 1 is 1.29 bits per heavy atom. The van der Waals surface area contributed by atoms with E-state index >= 15 is 0 Å². The number of ether oxygens (including phenoxy) is 2. The van der Waals surface area contributed by atoms with E-state index in [1.807, 2.05) is 4.90 Å². The molecule has 1 aliphatic heterocycles. The number of anilines is 1. The van der Waals surface area contributed by atoms with E-state index in [1.165, 1.54) is 6.26 Å². The summed E-state index contributed by atoms with van der Waals surface area (Å²) in [6.07, 6.45) is 1.60. The van der Waals surface area contributed by atoms with Crippen LogP contribution in [0.1, 0.15) is 10.4 Å². The van der Waals surface area contributed by atoms with Gasteiger partial charge in [0, 0.05) is 13.1 Å². The number of hydrogen-bond donors (Lipinski definition) is 1. The molecule has 1 aliphatic rings. The molecule has 0 saturated carbocycles. The van der Waals surface area contributed by atoms with E-state index in [0.717, 1.165) is 13.1 Å². The average Bonchev–Trinajstić information content (AvgIpc) is 2.97. The Bertz CT molecular complexity index is 635. The number of carbonyl (C=O) groups is 1. The van der Waals surface area contributed by atoms with Gasteiger partial charge in [-0.05, 0) is 12.1 Å². The van der Waals surface area contributed by atoms with Gasteiger partial charge in [-0.15, -0.1) is 0 Å². The predicted octanol–water partition coefficient (Wildman–Crippen LogP) is 1.40. The number of morpholine rings is 1. The van der Waals surface area contributed by atoms with Crippen LogP contribution in [-0.4, -0.2) is 37.2 Å². The van der Waals surface area contributed by atoms with Gasteiger partial charge < -0.3 is 24.5 Å². The summed E-state index contributed by atoms with van der Waals surface area (Å²) in [6.45, 7) is 2.83. The standard InChI is InChI=1S/C14H15N3O4/c15-13(18)10-3-1-2-4-11(10)21-14-16-12(9-20-14)17-5-7-19-8-6-17/h1-4,9H,5-8H2,(H2,15,18). The van der Waals surface area contributed by atoms with Crippen LogP contribution in [0.4, 0.5) is 5.82 Å². The second-order valence-electron chi connectivity index (χ2n) is 4.53. The number of benzene rings is 1. The minimum absolute atomic E-state index is 0.0743. The van der Waals surface area contributed by atoms with Gasteiger partial charge in [0.05, 0.1) is 18.8 Å². The molecule has 2 N–H and O–H groups in total. The number of para-hydroxylation sites is 1. The van der Waals surface area contributed by atoms with E-state index in [0.29, 0.717) is 24.8 Å². The fraction of sp³-hybridized carbons (Fsp3) is 0.286. The molecule has 0 radical (unpaired) electrons. The fourth-order valence-corrected chi connectivity index (χ4v) is 2.09. The molecular formula is C14H15N3O4. The van der Waals surface area contributed by atoms with Crippen LogP contribution < -0.4 is 15.4 Å². The minimum atomic E-state index is -0.564. The minimum Gasteiger partial charge on any atom is -0.415 e. The Kier molecular flexibility index (Phi) is 3.74. The van der Waals surface area contributed by atoms with Gasteiger partial charge in [0.15, 0.2) is 5.82 Å². The van der Waals surface area contributed by atoms with Crippen LogP contribution in [0.5, 0.6) is 11.8 Å². The van der Waals surface area contributed by atoms with E-state index in [-0.39, 0.29) is 11.6 Å². The second-order valence-corrected chi connectivity index (χ2v) is 4.53. The van der Waals surface area contributed by atoms with Crippen molar-refractivity contribution in [3.63, 3.8) is 0 Å². The van der Waals surface area contributed by atoms with Crippen LogP contribution in [0.3, 0.4) is 0 Å². The van der Waals surface area contributed by atoms with Gasteiger partial charge in [-0.1, -0.05) is 12.1 Å². The Labute approximate surface area is 121 Å². The molecule has 3 rings (SSSR count). The zero-order chi connectivity index (χ0) is 14.7. The highest BCUT2D eigenvalue weighted by atomic mass is 16.6. The first-order valence-electron chi connectivity index (χ1n) is 6.59. The summed E-state index contributed by atoms with van der Waals surface area (Å²) in [4.78, 5) is 17.6. The van der Waals surface area contributed by atoms with Crippen LogP contribution in [0.25, 0.3) is 0 Å². The van der Waals surface area contributed by atoms with Gasteiger partial charge in [0.1, 0.15) is 12.0 Å². The highest BCUT2D eigenvalue weighted by Gasteiger charge is 2.17. The number of aromatic nitrogens is 1. The molecule has 1 aromatic carbocycles. The lowest BCUT2D eigenvalue weighted by Gasteiger charge is -2.25. The lowest BCUT2D eigenvalue weighted by molar-refractivity contribution is 0.0997. The van der Waals surface area contributed by atoms with E-state index < -0.39 is 5.91 Å². The normalized spacial score (nSPS) is 15.0. The first-order valence-corrected chi connectivity index (χ1v) is 6.59. The molecule has 7 nitrogen and oxygen atoms in total. The first-order chi connectivity index (χ1) is 10.2. The number of hydrogen-bond acceptors (Lipinski definition) is 6. The van der Waals surface area contributed by atoms with Gasteiger partial charge in [-0.25, -0.2) is 0 Å².